The topological polar surface area (TPSA) is 34.1 Å². The van der Waals surface area contributed by atoms with E-state index >= 15 is 0 Å². The molecule has 1 aromatic heterocycles. The summed E-state index contributed by atoms with van der Waals surface area (Å²) in [6.45, 7) is 10.8. The summed E-state index contributed by atoms with van der Waals surface area (Å²) >= 11 is 1.77. The quantitative estimate of drug-likeness (QED) is 0.914. The lowest BCUT2D eigenvalue weighted by atomic mass is 9.84. The van der Waals surface area contributed by atoms with Crippen LogP contribution in [0.2, 0.25) is 0 Å². The summed E-state index contributed by atoms with van der Waals surface area (Å²) in [5.74, 6) is 0. The molecule has 0 saturated carbocycles. The lowest BCUT2D eigenvalue weighted by molar-refractivity contribution is -0.0730. The van der Waals surface area contributed by atoms with Crippen LogP contribution >= 0.6 is 11.3 Å². The smallest absolute Gasteiger partial charge is 0.113 e. The Labute approximate surface area is 114 Å². The molecule has 2 rings (SSSR count). The van der Waals surface area contributed by atoms with Gasteiger partial charge in [-0.25, -0.2) is 4.98 Å². The van der Waals surface area contributed by atoms with Gasteiger partial charge in [0.05, 0.1) is 17.7 Å². The molecule has 0 aromatic carbocycles. The average Bonchev–Trinajstić information content (AvgIpc) is 2.62. The van der Waals surface area contributed by atoms with Crippen molar-refractivity contribution in [1.29, 1.82) is 0 Å². The van der Waals surface area contributed by atoms with E-state index in [-0.39, 0.29) is 17.7 Å². The van der Waals surface area contributed by atoms with E-state index in [9.17, 15) is 0 Å². The van der Waals surface area contributed by atoms with Crippen molar-refractivity contribution < 1.29 is 4.74 Å². The van der Waals surface area contributed by atoms with Gasteiger partial charge in [-0.1, -0.05) is 0 Å². The average molecular weight is 268 g/mol. The molecule has 2 heterocycles. The van der Waals surface area contributed by atoms with Crippen LogP contribution in [-0.2, 0) is 10.3 Å². The van der Waals surface area contributed by atoms with E-state index in [0.29, 0.717) is 6.04 Å². The minimum Gasteiger partial charge on any atom is -0.375 e. The van der Waals surface area contributed by atoms with Crippen LogP contribution < -0.4 is 5.32 Å². The predicted molar refractivity (Wildman–Crippen MR) is 76.0 cm³/mol. The summed E-state index contributed by atoms with van der Waals surface area (Å²) in [4.78, 5) is 4.73. The summed E-state index contributed by atoms with van der Waals surface area (Å²) < 4.78 is 5.89. The van der Waals surface area contributed by atoms with Crippen LogP contribution in [0.5, 0.6) is 0 Å². The molecule has 0 spiro atoms. The number of aromatic nitrogens is 1. The lowest BCUT2D eigenvalue weighted by Gasteiger charge is -2.43. The zero-order valence-corrected chi connectivity index (χ0v) is 12.8. The molecule has 0 amide bonds. The van der Waals surface area contributed by atoms with E-state index in [1.54, 1.807) is 11.3 Å². The van der Waals surface area contributed by atoms with Gasteiger partial charge < -0.3 is 10.1 Å². The maximum Gasteiger partial charge on any atom is 0.113 e. The second kappa shape index (κ2) is 5.27. The number of hydrogen-bond acceptors (Lipinski definition) is 4. The van der Waals surface area contributed by atoms with Gasteiger partial charge in [-0.2, -0.15) is 0 Å². The molecule has 1 N–H and O–H groups in total. The van der Waals surface area contributed by atoms with E-state index in [4.69, 9.17) is 9.72 Å². The fourth-order valence-corrected chi connectivity index (χ4v) is 4.02. The molecule has 1 aliphatic heterocycles. The summed E-state index contributed by atoms with van der Waals surface area (Å²) in [7, 11) is 0. The zero-order chi connectivity index (χ0) is 13.3. The Hall–Kier alpha value is -0.450. The van der Waals surface area contributed by atoms with Gasteiger partial charge in [0.15, 0.2) is 0 Å². The fraction of sp³-hybridized carbons (Fsp3) is 0.786. The summed E-state index contributed by atoms with van der Waals surface area (Å²) in [6.07, 6.45) is 2.57. The zero-order valence-electron chi connectivity index (χ0n) is 12.0. The van der Waals surface area contributed by atoms with Crippen molar-refractivity contribution in [2.45, 2.75) is 71.2 Å². The standard InChI is InChI=1S/C14H24N2OS/c1-9(2)16-14(13-15-10(3)8-18-13)6-11(4)17-12(5)7-14/h8-9,11-12,16H,6-7H2,1-5H3. The van der Waals surface area contributed by atoms with E-state index < -0.39 is 0 Å². The van der Waals surface area contributed by atoms with E-state index in [2.05, 4.69) is 45.3 Å². The van der Waals surface area contributed by atoms with Gasteiger partial charge in [0, 0.05) is 17.1 Å². The van der Waals surface area contributed by atoms with Crippen molar-refractivity contribution in [1.82, 2.24) is 10.3 Å². The van der Waals surface area contributed by atoms with Gasteiger partial charge in [0.1, 0.15) is 5.01 Å². The Bertz CT molecular complexity index is 387. The molecule has 3 nitrogen and oxygen atoms in total. The Morgan fingerprint density at radius 1 is 1.39 bits per heavy atom. The number of rotatable bonds is 3. The Morgan fingerprint density at radius 2 is 2.00 bits per heavy atom. The van der Waals surface area contributed by atoms with E-state index in [1.807, 2.05) is 0 Å². The Kier molecular flexibility index (Phi) is 4.09. The summed E-state index contributed by atoms with van der Waals surface area (Å²) in [6, 6.07) is 0.451. The number of nitrogens with zero attached hydrogens (tertiary/aromatic N) is 1. The third-order valence-corrected chi connectivity index (χ3v) is 4.49. The molecule has 1 aromatic rings. The predicted octanol–water partition coefficient (Wildman–Crippen LogP) is 3.23. The number of thiazole rings is 1. The molecule has 18 heavy (non-hydrogen) atoms. The highest BCUT2D eigenvalue weighted by Gasteiger charge is 2.42. The van der Waals surface area contributed by atoms with Crippen molar-refractivity contribution >= 4 is 11.3 Å². The third kappa shape index (κ3) is 2.92. The highest BCUT2D eigenvalue weighted by molar-refractivity contribution is 7.09. The first-order valence-electron chi connectivity index (χ1n) is 6.77. The molecule has 2 atom stereocenters. The third-order valence-electron chi connectivity index (χ3n) is 3.33. The van der Waals surface area contributed by atoms with E-state index in [1.165, 1.54) is 5.01 Å². The number of ether oxygens (including phenoxy) is 1. The van der Waals surface area contributed by atoms with Crippen LogP contribution in [0.4, 0.5) is 0 Å². The number of nitrogens with one attached hydrogen (secondary N) is 1. The monoisotopic (exact) mass is 268 g/mol. The molecule has 1 fully saturated rings. The molecular weight excluding hydrogens is 244 g/mol. The first-order chi connectivity index (χ1) is 8.41. The van der Waals surface area contributed by atoms with Gasteiger partial charge in [0.2, 0.25) is 0 Å². The maximum atomic E-state index is 5.89. The highest BCUT2D eigenvalue weighted by Crippen LogP contribution is 2.39. The van der Waals surface area contributed by atoms with Crippen LogP contribution in [0.1, 0.15) is 51.2 Å². The van der Waals surface area contributed by atoms with Gasteiger partial charge in [-0.3, -0.25) is 0 Å². The van der Waals surface area contributed by atoms with Crippen molar-refractivity contribution in [2.75, 3.05) is 0 Å². The lowest BCUT2D eigenvalue weighted by Crippen LogP contribution is -2.53. The molecule has 0 aliphatic carbocycles. The minimum absolute atomic E-state index is 0.00975. The van der Waals surface area contributed by atoms with Crippen LogP contribution in [0, 0.1) is 6.92 Å². The summed E-state index contributed by atoms with van der Waals surface area (Å²) in [5, 5.41) is 7.11. The van der Waals surface area contributed by atoms with Crippen LogP contribution in [0.15, 0.2) is 5.38 Å². The molecule has 2 unspecified atom stereocenters. The van der Waals surface area contributed by atoms with E-state index in [0.717, 1.165) is 18.5 Å². The van der Waals surface area contributed by atoms with Gasteiger partial charge >= 0.3 is 0 Å². The number of hydrogen-bond donors (Lipinski definition) is 1. The fourth-order valence-electron chi connectivity index (χ4n) is 3.04. The second-order valence-electron chi connectivity index (χ2n) is 5.84. The van der Waals surface area contributed by atoms with Crippen molar-refractivity contribution in [3.8, 4) is 0 Å². The highest BCUT2D eigenvalue weighted by atomic mass is 32.1. The Balaban J connectivity index is 2.33. The van der Waals surface area contributed by atoms with Crippen LogP contribution in [0.25, 0.3) is 0 Å². The molecule has 102 valence electrons. The normalized spacial score (nSPS) is 33.0. The molecule has 1 aliphatic rings. The molecule has 4 heteroatoms. The van der Waals surface area contributed by atoms with Crippen molar-refractivity contribution in [3.63, 3.8) is 0 Å². The summed E-state index contributed by atoms with van der Waals surface area (Å²) in [5.41, 5.74) is 1.11. The van der Waals surface area contributed by atoms with Crippen molar-refractivity contribution in [3.05, 3.63) is 16.1 Å². The van der Waals surface area contributed by atoms with Crippen LogP contribution in [-0.4, -0.2) is 23.2 Å². The first-order valence-corrected chi connectivity index (χ1v) is 7.65. The van der Waals surface area contributed by atoms with Gasteiger partial charge in [-0.15, -0.1) is 11.3 Å². The van der Waals surface area contributed by atoms with Crippen LogP contribution in [0.3, 0.4) is 0 Å². The minimum atomic E-state index is -0.00975. The van der Waals surface area contributed by atoms with Gasteiger partial charge in [0.25, 0.3) is 0 Å². The molecule has 0 radical (unpaired) electrons. The van der Waals surface area contributed by atoms with Gasteiger partial charge in [-0.05, 0) is 47.5 Å². The SMILES string of the molecule is Cc1csc(C2(NC(C)C)CC(C)OC(C)C2)n1. The first kappa shape index (κ1) is 14.0. The number of aryl methyl sites for hydroxylation is 1. The molecule has 1 saturated heterocycles. The largest absolute Gasteiger partial charge is 0.375 e. The Morgan fingerprint density at radius 3 is 2.44 bits per heavy atom. The maximum absolute atomic E-state index is 5.89. The van der Waals surface area contributed by atoms with Crippen molar-refractivity contribution in [2.24, 2.45) is 0 Å². The second-order valence-corrected chi connectivity index (χ2v) is 6.70. The molecule has 0 bridgehead atoms. The molecular formula is C14H24N2OS.